The quantitative estimate of drug-likeness (QED) is 0.801. The molecule has 0 fully saturated rings. The Labute approximate surface area is 118 Å². The molecule has 3 heteroatoms. The van der Waals surface area contributed by atoms with Crippen LogP contribution in [0.5, 0.6) is 0 Å². The number of thiophene rings is 1. The van der Waals surface area contributed by atoms with E-state index in [1.807, 2.05) is 11.8 Å². The predicted octanol–water partition coefficient (Wildman–Crippen LogP) is 4.96. The molecule has 0 amide bonds. The molecule has 0 spiro atoms. The van der Waals surface area contributed by atoms with Crippen LogP contribution in [0.3, 0.4) is 0 Å². The van der Waals surface area contributed by atoms with Crippen molar-refractivity contribution >= 4 is 23.1 Å². The molecular formula is C15H19NS2. The molecule has 1 atom stereocenters. The van der Waals surface area contributed by atoms with Crippen molar-refractivity contribution in [1.29, 1.82) is 0 Å². The number of benzene rings is 1. The molecule has 1 aromatic heterocycles. The van der Waals surface area contributed by atoms with E-state index in [4.69, 9.17) is 0 Å². The van der Waals surface area contributed by atoms with Crippen LogP contribution in [0.2, 0.25) is 0 Å². The molecule has 1 aromatic carbocycles. The van der Waals surface area contributed by atoms with E-state index in [1.54, 1.807) is 11.3 Å². The lowest BCUT2D eigenvalue weighted by Gasteiger charge is -2.19. The van der Waals surface area contributed by atoms with Crippen LogP contribution >= 0.6 is 23.1 Å². The van der Waals surface area contributed by atoms with Crippen LogP contribution in [-0.2, 0) is 0 Å². The minimum Gasteiger partial charge on any atom is -0.310 e. The van der Waals surface area contributed by atoms with Crippen molar-refractivity contribution in [2.24, 2.45) is 0 Å². The molecule has 0 saturated heterocycles. The maximum Gasteiger partial charge on any atom is 0.0646 e. The van der Waals surface area contributed by atoms with Gasteiger partial charge in [0.25, 0.3) is 0 Å². The van der Waals surface area contributed by atoms with Gasteiger partial charge in [-0.2, -0.15) is 0 Å². The number of hydrogen-bond donors (Lipinski definition) is 1. The van der Waals surface area contributed by atoms with Gasteiger partial charge in [0.1, 0.15) is 0 Å². The van der Waals surface area contributed by atoms with E-state index in [9.17, 15) is 0 Å². The zero-order chi connectivity index (χ0) is 12.8. The highest BCUT2D eigenvalue weighted by atomic mass is 32.2. The lowest BCUT2D eigenvalue weighted by Crippen LogP contribution is -2.20. The monoisotopic (exact) mass is 277 g/mol. The molecule has 1 unspecified atom stereocenters. The molecule has 1 heterocycles. The molecule has 96 valence electrons. The first kappa shape index (κ1) is 13.7. The predicted molar refractivity (Wildman–Crippen MR) is 81.6 cm³/mol. The Hall–Kier alpha value is -0.770. The smallest absolute Gasteiger partial charge is 0.0646 e. The Kier molecular flexibility index (Phi) is 5.29. The van der Waals surface area contributed by atoms with Gasteiger partial charge in [0.2, 0.25) is 0 Å². The van der Waals surface area contributed by atoms with E-state index in [1.165, 1.54) is 14.7 Å². The van der Waals surface area contributed by atoms with Gasteiger partial charge in [0.05, 0.1) is 4.21 Å². The van der Waals surface area contributed by atoms with Gasteiger partial charge in [-0.15, -0.1) is 11.3 Å². The summed E-state index contributed by atoms with van der Waals surface area (Å²) in [6.45, 7) is 5.41. The lowest BCUT2D eigenvalue weighted by atomic mass is 10.0. The molecule has 0 aliphatic rings. The summed E-state index contributed by atoms with van der Waals surface area (Å²) in [5, 5.41) is 5.69. The SMILES string of the molecule is CCNC(CC)c1ccccc1Sc1cccs1. The summed E-state index contributed by atoms with van der Waals surface area (Å²) in [6.07, 6.45) is 1.12. The van der Waals surface area contributed by atoms with Crippen LogP contribution in [0.15, 0.2) is 50.9 Å². The van der Waals surface area contributed by atoms with Crippen molar-refractivity contribution in [2.45, 2.75) is 35.4 Å². The highest BCUT2D eigenvalue weighted by molar-refractivity contribution is 8.01. The molecule has 0 aliphatic carbocycles. The highest BCUT2D eigenvalue weighted by Crippen LogP contribution is 2.36. The fourth-order valence-electron chi connectivity index (χ4n) is 2.01. The average molecular weight is 277 g/mol. The fourth-order valence-corrected chi connectivity index (χ4v) is 3.93. The summed E-state index contributed by atoms with van der Waals surface area (Å²) in [6, 6.07) is 13.5. The minimum absolute atomic E-state index is 0.457. The Morgan fingerprint density at radius 3 is 2.67 bits per heavy atom. The molecule has 0 saturated carbocycles. The van der Waals surface area contributed by atoms with Gasteiger partial charge >= 0.3 is 0 Å². The van der Waals surface area contributed by atoms with Gasteiger partial charge in [-0.1, -0.05) is 49.9 Å². The van der Waals surface area contributed by atoms with Crippen LogP contribution in [0, 0.1) is 0 Å². The van der Waals surface area contributed by atoms with Gasteiger partial charge in [0.15, 0.2) is 0 Å². The summed E-state index contributed by atoms with van der Waals surface area (Å²) >= 11 is 3.67. The first-order valence-electron chi connectivity index (χ1n) is 6.38. The molecule has 18 heavy (non-hydrogen) atoms. The van der Waals surface area contributed by atoms with Crippen LogP contribution < -0.4 is 5.32 Å². The van der Waals surface area contributed by atoms with Crippen molar-refractivity contribution < 1.29 is 0 Å². The van der Waals surface area contributed by atoms with Crippen molar-refractivity contribution in [2.75, 3.05) is 6.54 Å². The third kappa shape index (κ3) is 3.37. The summed E-state index contributed by atoms with van der Waals surface area (Å²) in [5.74, 6) is 0. The maximum atomic E-state index is 3.56. The largest absolute Gasteiger partial charge is 0.310 e. The molecule has 1 N–H and O–H groups in total. The van der Waals surface area contributed by atoms with Crippen molar-refractivity contribution in [3.63, 3.8) is 0 Å². The Morgan fingerprint density at radius 1 is 1.17 bits per heavy atom. The Bertz CT molecular complexity index is 465. The van der Waals surface area contributed by atoms with E-state index in [0.29, 0.717) is 6.04 Å². The first-order valence-corrected chi connectivity index (χ1v) is 8.08. The zero-order valence-corrected chi connectivity index (χ0v) is 12.5. The third-order valence-electron chi connectivity index (χ3n) is 2.86. The normalized spacial score (nSPS) is 12.6. The third-order valence-corrected chi connectivity index (χ3v) is 4.99. The van der Waals surface area contributed by atoms with E-state index in [0.717, 1.165) is 13.0 Å². The second-order valence-corrected chi connectivity index (χ2v) is 6.38. The van der Waals surface area contributed by atoms with Crippen molar-refractivity contribution in [1.82, 2.24) is 5.32 Å². The highest BCUT2D eigenvalue weighted by Gasteiger charge is 2.12. The zero-order valence-electron chi connectivity index (χ0n) is 10.8. The lowest BCUT2D eigenvalue weighted by molar-refractivity contribution is 0.530. The van der Waals surface area contributed by atoms with Gasteiger partial charge in [0, 0.05) is 10.9 Å². The first-order chi connectivity index (χ1) is 8.85. The second-order valence-electron chi connectivity index (χ2n) is 4.09. The summed E-state index contributed by atoms with van der Waals surface area (Å²) in [5.41, 5.74) is 1.42. The van der Waals surface area contributed by atoms with Crippen molar-refractivity contribution in [3.8, 4) is 0 Å². The molecule has 0 bridgehead atoms. The van der Waals surface area contributed by atoms with E-state index >= 15 is 0 Å². The van der Waals surface area contributed by atoms with Crippen molar-refractivity contribution in [3.05, 3.63) is 47.3 Å². The standard InChI is InChI=1S/C15H19NS2/c1-3-13(16-4-2)12-8-5-6-9-14(12)18-15-10-7-11-17-15/h5-11,13,16H,3-4H2,1-2H3. The average Bonchev–Trinajstić information content (AvgIpc) is 2.90. The molecule has 0 radical (unpaired) electrons. The van der Waals surface area contributed by atoms with E-state index < -0.39 is 0 Å². The number of rotatable bonds is 6. The van der Waals surface area contributed by atoms with E-state index in [-0.39, 0.29) is 0 Å². The van der Waals surface area contributed by atoms with Gasteiger partial charge in [-0.25, -0.2) is 0 Å². The molecule has 2 rings (SSSR count). The number of hydrogen-bond acceptors (Lipinski definition) is 3. The van der Waals surface area contributed by atoms with Crippen LogP contribution in [0.1, 0.15) is 31.9 Å². The fraction of sp³-hybridized carbons (Fsp3) is 0.333. The summed E-state index contributed by atoms with van der Waals surface area (Å²) < 4.78 is 1.36. The molecule has 0 aliphatic heterocycles. The summed E-state index contributed by atoms with van der Waals surface area (Å²) in [7, 11) is 0. The molecule has 2 aromatic rings. The van der Waals surface area contributed by atoms with Gasteiger partial charge in [-0.3, -0.25) is 0 Å². The van der Waals surface area contributed by atoms with Crippen LogP contribution in [-0.4, -0.2) is 6.54 Å². The van der Waals surface area contributed by atoms with E-state index in [2.05, 4.69) is 60.9 Å². The molecule has 1 nitrogen and oxygen atoms in total. The topological polar surface area (TPSA) is 12.0 Å². The van der Waals surface area contributed by atoms with Crippen LogP contribution in [0.4, 0.5) is 0 Å². The molecular weight excluding hydrogens is 258 g/mol. The van der Waals surface area contributed by atoms with Gasteiger partial charge < -0.3 is 5.32 Å². The Balaban J connectivity index is 2.24. The number of nitrogens with one attached hydrogen (secondary N) is 1. The maximum absolute atomic E-state index is 3.56. The summed E-state index contributed by atoms with van der Waals surface area (Å²) in [4.78, 5) is 1.37. The Morgan fingerprint density at radius 2 is 2.00 bits per heavy atom. The van der Waals surface area contributed by atoms with Gasteiger partial charge in [-0.05, 0) is 36.0 Å². The second kappa shape index (κ2) is 6.98. The minimum atomic E-state index is 0.457. The van der Waals surface area contributed by atoms with Crippen LogP contribution in [0.25, 0.3) is 0 Å².